The van der Waals surface area contributed by atoms with Crippen molar-refractivity contribution < 1.29 is 19.5 Å². The summed E-state index contributed by atoms with van der Waals surface area (Å²) in [5.41, 5.74) is 0. The molecule has 7 heteroatoms. The van der Waals surface area contributed by atoms with Gasteiger partial charge in [0.05, 0.1) is 6.54 Å². The molecule has 7 nitrogen and oxygen atoms in total. The molecule has 1 unspecified atom stereocenters. The molecule has 3 amide bonds. The smallest absolute Gasteiger partial charge is 0.326 e. The van der Waals surface area contributed by atoms with Crippen LogP contribution in [0.2, 0.25) is 0 Å². The number of likely N-dealkylation sites (N-methyl/N-ethyl adjacent to an activating group) is 1. The van der Waals surface area contributed by atoms with Crippen LogP contribution in [0.5, 0.6) is 0 Å². The third-order valence-corrected chi connectivity index (χ3v) is 3.11. The monoisotopic (exact) mass is 257 g/mol. The summed E-state index contributed by atoms with van der Waals surface area (Å²) >= 11 is 0. The summed E-state index contributed by atoms with van der Waals surface area (Å²) in [6.07, 6.45) is 1.99. The molecule has 0 aromatic heterocycles. The number of carboxylic acids is 1. The Bertz CT molecular complexity index is 339. The number of urea groups is 1. The molecule has 1 aliphatic heterocycles. The lowest BCUT2D eigenvalue weighted by atomic mass is 10.3. The highest BCUT2D eigenvalue weighted by Crippen LogP contribution is 2.06. The van der Waals surface area contributed by atoms with Crippen molar-refractivity contribution >= 4 is 17.9 Å². The minimum Gasteiger partial charge on any atom is -0.480 e. The van der Waals surface area contributed by atoms with Crippen molar-refractivity contribution in [3.05, 3.63) is 0 Å². The Morgan fingerprint density at radius 3 is 2.39 bits per heavy atom. The topological polar surface area (TPSA) is 90.0 Å². The van der Waals surface area contributed by atoms with Gasteiger partial charge in [-0.2, -0.15) is 0 Å². The molecule has 0 aromatic rings. The van der Waals surface area contributed by atoms with Crippen LogP contribution in [0, 0.1) is 0 Å². The maximum atomic E-state index is 11.7. The van der Waals surface area contributed by atoms with E-state index in [1.807, 2.05) is 0 Å². The van der Waals surface area contributed by atoms with E-state index in [4.69, 9.17) is 5.11 Å². The Balaban J connectivity index is 2.36. The predicted octanol–water partition coefficient (Wildman–Crippen LogP) is -0.277. The van der Waals surface area contributed by atoms with Crippen LogP contribution in [0.1, 0.15) is 19.8 Å². The number of likely N-dealkylation sites (tertiary alicyclic amines) is 1. The first kappa shape index (κ1) is 14.3. The standard InChI is InChI=1S/C11H19N3O4/c1-8(10(16)17)13(2)11(18)12-7-9(15)14-5-3-4-6-14/h8H,3-7H2,1-2H3,(H,12,18)(H,16,17). The van der Waals surface area contributed by atoms with Crippen LogP contribution in [0.25, 0.3) is 0 Å². The molecule has 102 valence electrons. The maximum Gasteiger partial charge on any atom is 0.326 e. The summed E-state index contributed by atoms with van der Waals surface area (Å²) in [5, 5.41) is 11.2. The van der Waals surface area contributed by atoms with Gasteiger partial charge in [0, 0.05) is 20.1 Å². The lowest BCUT2D eigenvalue weighted by molar-refractivity contribution is -0.141. The summed E-state index contributed by atoms with van der Waals surface area (Å²) in [6.45, 7) is 2.78. The van der Waals surface area contributed by atoms with Gasteiger partial charge in [-0.25, -0.2) is 9.59 Å². The molecule has 0 aliphatic carbocycles. The fourth-order valence-electron chi connectivity index (χ4n) is 1.70. The van der Waals surface area contributed by atoms with Crippen LogP contribution in [0.3, 0.4) is 0 Å². The molecule has 18 heavy (non-hydrogen) atoms. The van der Waals surface area contributed by atoms with Crippen LogP contribution >= 0.6 is 0 Å². The first-order chi connectivity index (χ1) is 8.43. The Morgan fingerprint density at radius 2 is 1.89 bits per heavy atom. The van der Waals surface area contributed by atoms with E-state index < -0.39 is 18.0 Å². The number of nitrogens with zero attached hydrogens (tertiary/aromatic N) is 2. The summed E-state index contributed by atoms with van der Waals surface area (Å²) in [5.74, 6) is -1.21. The van der Waals surface area contributed by atoms with Crippen molar-refractivity contribution in [2.75, 3.05) is 26.7 Å². The summed E-state index contributed by atoms with van der Waals surface area (Å²) in [4.78, 5) is 36.7. The van der Waals surface area contributed by atoms with Crippen molar-refractivity contribution in [1.29, 1.82) is 0 Å². The van der Waals surface area contributed by atoms with E-state index in [0.29, 0.717) is 0 Å². The van der Waals surface area contributed by atoms with Crippen LogP contribution in [-0.2, 0) is 9.59 Å². The fourth-order valence-corrected chi connectivity index (χ4v) is 1.70. The van der Waals surface area contributed by atoms with Gasteiger partial charge >= 0.3 is 12.0 Å². The number of nitrogens with one attached hydrogen (secondary N) is 1. The second kappa shape index (κ2) is 6.23. The Hall–Kier alpha value is -1.79. The molecule has 1 atom stereocenters. The van der Waals surface area contributed by atoms with Crippen molar-refractivity contribution in [2.24, 2.45) is 0 Å². The highest BCUT2D eigenvalue weighted by molar-refractivity contribution is 5.86. The summed E-state index contributed by atoms with van der Waals surface area (Å²) in [7, 11) is 1.38. The van der Waals surface area contributed by atoms with E-state index in [1.165, 1.54) is 14.0 Å². The van der Waals surface area contributed by atoms with Gasteiger partial charge in [0.1, 0.15) is 6.04 Å². The third-order valence-electron chi connectivity index (χ3n) is 3.11. The second-order valence-electron chi connectivity index (χ2n) is 4.37. The normalized spacial score (nSPS) is 16.2. The van der Waals surface area contributed by atoms with Crippen molar-refractivity contribution in [3.63, 3.8) is 0 Å². The minimum absolute atomic E-state index is 0.0878. The lowest BCUT2D eigenvalue weighted by Gasteiger charge is -2.22. The third kappa shape index (κ3) is 3.61. The Labute approximate surface area is 106 Å². The van der Waals surface area contributed by atoms with Gasteiger partial charge in [-0.1, -0.05) is 0 Å². The average Bonchev–Trinajstić information content (AvgIpc) is 2.87. The lowest BCUT2D eigenvalue weighted by Crippen LogP contribution is -2.48. The van der Waals surface area contributed by atoms with Gasteiger partial charge in [0.25, 0.3) is 0 Å². The molecule has 2 N–H and O–H groups in total. The van der Waals surface area contributed by atoms with Crippen LogP contribution in [-0.4, -0.2) is 65.5 Å². The number of hydrogen-bond donors (Lipinski definition) is 2. The highest BCUT2D eigenvalue weighted by Gasteiger charge is 2.23. The zero-order valence-electron chi connectivity index (χ0n) is 10.7. The number of carbonyl (C=O) groups excluding carboxylic acids is 2. The van der Waals surface area contributed by atoms with Crippen molar-refractivity contribution in [2.45, 2.75) is 25.8 Å². The van der Waals surface area contributed by atoms with E-state index in [9.17, 15) is 14.4 Å². The number of carbonyl (C=O) groups is 3. The second-order valence-corrected chi connectivity index (χ2v) is 4.37. The van der Waals surface area contributed by atoms with E-state index in [1.54, 1.807) is 4.90 Å². The largest absolute Gasteiger partial charge is 0.480 e. The molecule has 0 saturated carbocycles. The molecule has 1 saturated heterocycles. The fraction of sp³-hybridized carbons (Fsp3) is 0.727. The number of carboxylic acid groups (broad SMARTS) is 1. The molecule has 1 fully saturated rings. The molecule has 0 aromatic carbocycles. The molecule has 0 radical (unpaired) electrons. The average molecular weight is 257 g/mol. The quantitative estimate of drug-likeness (QED) is 0.725. The Kier molecular flexibility index (Phi) is 4.94. The number of rotatable bonds is 4. The Morgan fingerprint density at radius 1 is 1.33 bits per heavy atom. The zero-order chi connectivity index (χ0) is 13.7. The van der Waals surface area contributed by atoms with Gasteiger partial charge in [0.15, 0.2) is 0 Å². The van der Waals surface area contributed by atoms with Gasteiger partial charge in [-0.05, 0) is 19.8 Å². The summed E-state index contributed by atoms with van der Waals surface area (Å²) < 4.78 is 0. The highest BCUT2D eigenvalue weighted by atomic mass is 16.4. The maximum absolute atomic E-state index is 11.7. The van der Waals surface area contributed by atoms with Gasteiger partial charge in [0.2, 0.25) is 5.91 Å². The van der Waals surface area contributed by atoms with Gasteiger partial charge in [-0.15, -0.1) is 0 Å². The van der Waals surface area contributed by atoms with E-state index >= 15 is 0 Å². The molecular weight excluding hydrogens is 238 g/mol. The minimum atomic E-state index is -1.08. The zero-order valence-corrected chi connectivity index (χ0v) is 10.7. The molecule has 1 aliphatic rings. The van der Waals surface area contributed by atoms with Crippen LogP contribution < -0.4 is 5.32 Å². The first-order valence-electron chi connectivity index (χ1n) is 5.94. The van der Waals surface area contributed by atoms with E-state index in [-0.39, 0.29) is 12.5 Å². The van der Waals surface area contributed by atoms with Crippen molar-refractivity contribution in [1.82, 2.24) is 15.1 Å². The van der Waals surface area contributed by atoms with E-state index in [0.717, 1.165) is 30.8 Å². The van der Waals surface area contributed by atoms with Gasteiger partial charge in [-0.3, -0.25) is 4.79 Å². The van der Waals surface area contributed by atoms with Gasteiger partial charge < -0.3 is 20.2 Å². The van der Waals surface area contributed by atoms with Crippen LogP contribution in [0.4, 0.5) is 4.79 Å². The number of aliphatic carboxylic acids is 1. The van der Waals surface area contributed by atoms with Crippen molar-refractivity contribution in [3.8, 4) is 0 Å². The first-order valence-corrected chi connectivity index (χ1v) is 5.94. The number of hydrogen-bond acceptors (Lipinski definition) is 3. The molecule has 0 spiro atoms. The molecule has 1 heterocycles. The molecule has 1 rings (SSSR count). The predicted molar refractivity (Wildman–Crippen MR) is 64.1 cm³/mol. The SMILES string of the molecule is CC(C(=O)O)N(C)C(=O)NCC(=O)N1CCCC1. The summed E-state index contributed by atoms with van der Waals surface area (Å²) in [6, 6.07) is -1.48. The van der Waals surface area contributed by atoms with Crippen LogP contribution in [0.15, 0.2) is 0 Å². The van der Waals surface area contributed by atoms with E-state index in [2.05, 4.69) is 5.32 Å². The number of amides is 3. The molecule has 0 bridgehead atoms. The molecular formula is C11H19N3O4.